The van der Waals surface area contributed by atoms with Gasteiger partial charge in [-0.3, -0.25) is 8.37 Å². The number of hydrogen-bond donors (Lipinski definition) is 1. The highest BCUT2D eigenvalue weighted by molar-refractivity contribution is 7.75. The normalized spacial score (nSPS) is 8.12. The van der Waals surface area contributed by atoms with Crippen molar-refractivity contribution < 1.29 is 17.7 Å². The summed E-state index contributed by atoms with van der Waals surface area (Å²) >= 11 is -1.53. The lowest BCUT2D eigenvalue weighted by molar-refractivity contribution is 0.334. The number of aliphatic hydroxyl groups excluding tert-OH is 1. The maximum absolute atomic E-state index is 9.85. The highest BCUT2D eigenvalue weighted by atomic mass is 32.2. The Morgan fingerprint density at radius 1 is 1.25 bits per heavy atom. The summed E-state index contributed by atoms with van der Waals surface area (Å²) in [6, 6.07) is 0. The Balaban J connectivity index is 0. The molecular weight excluding hydrogens is 132 g/mol. The summed E-state index contributed by atoms with van der Waals surface area (Å²) in [5.41, 5.74) is 0. The van der Waals surface area contributed by atoms with E-state index in [1.165, 1.54) is 14.2 Å². The first-order chi connectivity index (χ1) is 3.81. The molecule has 0 saturated heterocycles. The molecule has 0 atom stereocenters. The minimum absolute atomic E-state index is 1.00. The van der Waals surface area contributed by atoms with E-state index >= 15 is 0 Å². The van der Waals surface area contributed by atoms with Crippen molar-refractivity contribution in [2.24, 2.45) is 0 Å². The Bertz CT molecular complexity index is 49.2. The zero-order chi connectivity index (χ0) is 6.99. The van der Waals surface area contributed by atoms with E-state index in [0.717, 1.165) is 7.11 Å². The van der Waals surface area contributed by atoms with E-state index < -0.39 is 11.4 Å². The molecule has 0 aliphatic carbocycles. The molecule has 8 heavy (non-hydrogen) atoms. The van der Waals surface area contributed by atoms with Gasteiger partial charge in [0.1, 0.15) is 0 Å². The molecule has 0 bridgehead atoms. The maximum Gasteiger partial charge on any atom is 0.304 e. The summed E-state index contributed by atoms with van der Waals surface area (Å²) in [6.45, 7) is 0. The molecule has 5 heteroatoms. The van der Waals surface area contributed by atoms with E-state index in [1.807, 2.05) is 0 Å². The van der Waals surface area contributed by atoms with Crippen molar-refractivity contribution in [2.75, 3.05) is 21.3 Å². The molecule has 0 saturated carbocycles. The number of hydrogen-bond acceptors (Lipinski definition) is 4. The van der Waals surface area contributed by atoms with E-state index in [2.05, 4.69) is 8.37 Å². The molecule has 0 aliphatic heterocycles. The van der Waals surface area contributed by atoms with Crippen molar-refractivity contribution in [3.05, 3.63) is 0 Å². The summed E-state index contributed by atoms with van der Waals surface area (Å²) in [7, 11) is 3.61. The van der Waals surface area contributed by atoms with E-state index in [1.54, 1.807) is 0 Å². The maximum atomic E-state index is 9.85. The van der Waals surface area contributed by atoms with Gasteiger partial charge in [0.15, 0.2) is 0 Å². The van der Waals surface area contributed by atoms with Crippen LogP contribution in [0, 0.1) is 0 Å². The molecule has 0 unspecified atom stereocenters. The summed E-state index contributed by atoms with van der Waals surface area (Å²) in [4.78, 5) is 0. The van der Waals surface area contributed by atoms with Crippen molar-refractivity contribution >= 4 is 11.4 Å². The minimum Gasteiger partial charge on any atom is -0.400 e. The molecule has 0 radical (unpaired) electrons. The Kier molecular flexibility index (Phi) is 13.8. The van der Waals surface area contributed by atoms with Gasteiger partial charge >= 0.3 is 11.4 Å². The third-order valence-electron chi connectivity index (χ3n) is 0.272. The van der Waals surface area contributed by atoms with Gasteiger partial charge in [-0.05, 0) is 0 Å². The molecule has 0 aromatic heterocycles. The van der Waals surface area contributed by atoms with Crippen molar-refractivity contribution in [3.63, 3.8) is 0 Å². The highest BCUT2D eigenvalue weighted by Gasteiger charge is 1.84. The smallest absolute Gasteiger partial charge is 0.304 e. The molecule has 0 aromatic rings. The molecule has 0 amide bonds. The second-order valence-corrected chi connectivity index (χ2v) is 1.61. The summed E-state index contributed by atoms with van der Waals surface area (Å²) in [5.74, 6) is 0. The Morgan fingerprint density at radius 3 is 1.50 bits per heavy atom. The van der Waals surface area contributed by atoms with E-state index in [-0.39, 0.29) is 0 Å². The van der Waals surface area contributed by atoms with Crippen LogP contribution in [0.1, 0.15) is 0 Å². The van der Waals surface area contributed by atoms with E-state index in [0.29, 0.717) is 0 Å². The van der Waals surface area contributed by atoms with Gasteiger partial charge < -0.3 is 5.11 Å². The zero-order valence-corrected chi connectivity index (χ0v) is 5.90. The molecule has 1 N–H and O–H groups in total. The molecule has 0 aliphatic rings. The average Bonchev–Trinajstić information content (AvgIpc) is 1.91. The van der Waals surface area contributed by atoms with Gasteiger partial charge in [-0.1, -0.05) is 0 Å². The van der Waals surface area contributed by atoms with Gasteiger partial charge in [0.2, 0.25) is 0 Å². The molecule has 52 valence electrons. The molecule has 0 fully saturated rings. The van der Waals surface area contributed by atoms with Crippen molar-refractivity contribution in [3.8, 4) is 0 Å². The lowest BCUT2D eigenvalue weighted by atomic mass is 11.8. The molecule has 0 aromatic carbocycles. The predicted molar refractivity (Wildman–Crippen MR) is 30.3 cm³/mol. The van der Waals surface area contributed by atoms with Crippen LogP contribution in [0.25, 0.3) is 0 Å². The van der Waals surface area contributed by atoms with Crippen LogP contribution in [0.15, 0.2) is 0 Å². The summed E-state index contributed by atoms with van der Waals surface area (Å²) < 4.78 is 18.1. The summed E-state index contributed by atoms with van der Waals surface area (Å²) in [6.07, 6.45) is 0. The van der Waals surface area contributed by atoms with Gasteiger partial charge in [-0.25, -0.2) is 0 Å². The zero-order valence-electron chi connectivity index (χ0n) is 5.08. The number of rotatable bonds is 2. The van der Waals surface area contributed by atoms with Crippen LogP contribution in [-0.4, -0.2) is 30.6 Å². The first kappa shape index (κ1) is 10.9. The van der Waals surface area contributed by atoms with Gasteiger partial charge in [-0.2, -0.15) is 4.21 Å². The van der Waals surface area contributed by atoms with Crippen molar-refractivity contribution in [2.45, 2.75) is 0 Å². The first-order valence-corrected chi connectivity index (χ1v) is 2.76. The Morgan fingerprint density at radius 2 is 1.50 bits per heavy atom. The Labute approximate surface area is 51.3 Å². The van der Waals surface area contributed by atoms with Crippen LogP contribution in [0.5, 0.6) is 0 Å². The molecular formula is C3H10O4S. The first-order valence-electron chi connectivity index (χ1n) is 1.76. The minimum atomic E-state index is -1.53. The van der Waals surface area contributed by atoms with Crippen LogP contribution in [-0.2, 0) is 19.7 Å². The van der Waals surface area contributed by atoms with Gasteiger partial charge in [0, 0.05) is 7.11 Å². The SMILES string of the molecule is CO.COS(=O)OC. The number of aliphatic hydroxyl groups is 1. The molecule has 0 heterocycles. The monoisotopic (exact) mass is 142 g/mol. The predicted octanol–water partition coefficient (Wildman–Crippen LogP) is -0.534. The van der Waals surface area contributed by atoms with Crippen LogP contribution < -0.4 is 0 Å². The van der Waals surface area contributed by atoms with Gasteiger partial charge in [-0.15, -0.1) is 0 Å². The van der Waals surface area contributed by atoms with Crippen LogP contribution in [0.4, 0.5) is 0 Å². The van der Waals surface area contributed by atoms with Gasteiger partial charge in [0.05, 0.1) is 14.2 Å². The van der Waals surface area contributed by atoms with Gasteiger partial charge in [0.25, 0.3) is 0 Å². The average molecular weight is 142 g/mol. The van der Waals surface area contributed by atoms with E-state index in [9.17, 15) is 4.21 Å². The van der Waals surface area contributed by atoms with Crippen LogP contribution >= 0.6 is 0 Å². The third-order valence-corrected chi connectivity index (χ3v) is 0.816. The fourth-order valence-electron chi connectivity index (χ4n) is 0.0680. The Hall–Kier alpha value is 0.0300. The quantitative estimate of drug-likeness (QED) is 0.563. The largest absolute Gasteiger partial charge is 0.400 e. The lowest BCUT2D eigenvalue weighted by Gasteiger charge is -1.86. The van der Waals surface area contributed by atoms with Crippen LogP contribution in [0.2, 0.25) is 0 Å². The molecule has 4 nitrogen and oxygen atoms in total. The summed E-state index contributed by atoms with van der Waals surface area (Å²) in [5, 5.41) is 7.00. The fraction of sp³-hybridized carbons (Fsp3) is 1.00. The topological polar surface area (TPSA) is 55.8 Å². The van der Waals surface area contributed by atoms with Crippen molar-refractivity contribution in [1.82, 2.24) is 0 Å². The van der Waals surface area contributed by atoms with E-state index in [4.69, 9.17) is 5.11 Å². The second kappa shape index (κ2) is 10.1. The molecule has 0 rings (SSSR count). The second-order valence-electron chi connectivity index (χ2n) is 0.537. The van der Waals surface area contributed by atoms with Crippen LogP contribution in [0.3, 0.4) is 0 Å². The standard InChI is InChI=1S/C2H6O3S.CH4O/c1-4-6(3)5-2;1-2/h1-2H3;2H,1H3. The molecule has 0 spiro atoms. The van der Waals surface area contributed by atoms with Crippen molar-refractivity contribution in [1.29, 1.82) is 0 Å². The third kappa shape index (κ3) is 9.39. The fourth-order valence-corrected chi connectivity index (χ4v) is 0.204. The lowest BCUT2D eigenvalue weighted by Crippen LogP contribution is -1.91. The highest BCUT2D eigenvalue weighted by Crippen LogP contribution is 1.76.